The van der Waals surface area contributed by atoms with Gasteiger partial charge in [-0.1, -0.05) is 54.4 Å². The van der Waals surface area contributed by atoms with Crippen LogP contribution >= 0.6 is 0 Å². The number of unbranched alkanes of at least 4 members (excludes halogenated alkanes) is 4. The molecule has 4 atom stereocenters. The number of ether oxygens (including phenoxy) is 4. The topological polar surface area (TPSA) is 71.1 Å². The Hall–Kier alpha value is -0.820. The van der Waals surface area contributed by atoms with Crippen molar-refractivity contribution in [2.24, 2.45) is 5.41 Å². The first-order chi connectivity index (χ1) is 18.3. The summed E-state index contributed by atoms with van der Waals surface area (Å²) < 4.78 is 24.0. The summed E-state index contributed by atoms with van der Waals surface area (Å²) in [4.78, 5) is 26.1. The van der Waals surface area contributed by atoms with Crippen molar-refractivity contribution in [1.82, 2.24) is 0 Å². The van der Waals surface area contributed by atoms with Gasteiger partial charge in [-0.15, -0.1) is 0 Å². The Labute approximate surface area is 241 Å². The molecule has 0 bridgehead atoms. The third kappa shape index (κ3) is 16.3. The molecule has 4 unspecified atom stereocenters. The van der Waals surface area contributed by atoms with Gasteiger partial charge in [0.15, 0.2) is 11.6 Å². The number of ketones is 2. The van der Waals surface area contributed by atoms with Gasteiger partial charge in [-0.3, -0.25) is 9.59 Å². The van der Waals surface area contributed by atoms with E-state index in [1.54, 1.807) is 0 Å². The lowest BCUT2D eigenvalue weighted by molar-refractivity contribution is -0.158. The van der Waals surface area contributed by atoms with E-state index in [4.69, 9.17) is 18.9 Å². The molecule has 0 aliphatic rings. The molecule has 6 heteroatoms. The van der Waals surface area contributed by atoms with Crippen LogP contribution in [0.2, 0.25) is 0 Å². The first-order valence-electron chi connectivity index (χ1n) is 15.9. The largest absolute Gasteiger partial charge is 0.379 e. The van der Waals surface area contributed by atoms with Gasteiger partial charge in [0.1, 0.15) is 11.2 Å². The first-order valence-corrected chi connectivity index (χ1v) is 15.9. The monoisotopic (exact) mass is 556 g/mol. The highest BCUT2D eigenvalue weighted by Gasteiger charge is 2.37. The van der Waals surface area contributed by atoms with Crippen molar-refractivity contribution >= 4 is 11.6 Å². The quantitative estimate of drug-likeness (QED) is 0.0999. The molecule has 0 aromatic carbocycles. The third-order valence-electron chi connectivity index (χ3n) is 8.14. The van der Waals surface area contributed by atoms with Crippen molar-refractivity contribution in [2.45, 2.75) is 170 Å². The van der Waals surface area contributed by atoms with E-state index in [0.29, 0.717) is 51.1 Å². The minimum atomic E-state index is -0.799. The van der Waals surface area contributed by atoms with Crippen molar-refractivity contribution in [3.05, 3.63) is 0 Å². The highest BCUT2D eigenvalue weighted by atomic mass is 16.5. The Balaban J connectivity index is 4.58. The molecule has 0 saturated carbocycles. The molecule has 232 valence electrons. The molecular formula is C33H64O6. The summed E-state index contributed by atoms with van der Waals surface area (Å²) in [6.07, 6.45) is 10.6. The standard InChI is InChI=1S/C33H64O6/c1-11-27(5)36-23-19-15-17-21-29(34)32(9,13-3)38-25-31(7,8)26-39-33(10,14-4)30(35)22-18-16-20-24-37-28(6)12-2/h27-28H,11-26H2,1-10H3. The minimum Gasteiger partial charge on any atom is -0.379 e. The second-order valence-electron chi connectivity index (χ2n) is 12.6. The molecule has 0 rings (SSSR count). The summed E-state index contributed by atoms with van der Waals surface area (Å²) in [5.41, 5.74) is -1.92. The van der Waals surface area contributed by atoms with Crippen LogP contribution in [0.25, 0.3) is 0 Å². The molecule has 6 nitrogen and oxygen atoms in total. The molecule has 0 aliphatic carbocycles. The maximum absolute atomic E-state index is 13.0. The lowest BCUT2D eigenvalue weighted by Crippen LogP contribution is -2.44. The Morgan fingerprint density at radius 3 is 1.26 bits per heavy atom. The van der Waals surface area contributed by atoms with Gasteiger partial charge in [0.05, 0.1) is 25.4 Å². The van der Waals surface area contributed by atoms with E-state index in [9.17, 15) is 9.59 Å². The third-order valence-corrected chi connectivity index (χ3v) is 8.14. The zero-order valence-corrected chi connectivity index (χ0v) is 27.4. The van der Waals surface area contributed by atoms with Crippen molar-refractivity contribution in [2.75, 3.05) is 26.4 Å². The van der Waals surface area contributed by atoms with Gasteiger partial charge in [0.25, 0.3) is 0 Å². The van der Waals surface area contributed by atoms with Crippen LogP contribution in [0, 0.1) is 5.41 Å². The number of Topliss-reactive ketones (excluding diaryl/α,β-unsaturated/α-hetero) is 2. The molecule has 0 aliphatic heterocycles. The number of hydrogen-bond donors (Lipinski definition) is 0. The van der Waals surface area contributed by atoms with E-state index in [1.807, 2.05) is 27.7 Å². The van der Waals surface area contributed by atoms with Gasteiger partial charge in [0.2, 0.25) is 0 Å². The van der Waals surface area contributed by atoms with Crippen molar-refractivity contribution in [1.29, 1.82) is 0 Å². The van der Waals surface area contributed by atoms with Gasteiger partial charge in [-0.2, -0.15) is 0 Å². The second-order valence-corrected chi connectivity index (χ2v) is 12.6. The Morgan fingerprint density at radius 1 is 0.590 bits per heavy atom. The van der Waals surface area contributed by atoms with E-state index in [2.05, 4.69) is 41.5 Å². The summed E-state index contributed by atoms with van der Waals surface area (Å²) in [6, 6.07) is 0. The number of rotatable bonds is 26. The second kappa shape index (κ2) is 20.1. The number of carbonyl (C=O) groups is 2. The highest BCUT2D eigenvalue weighted by molar-refractivity contribution is 5.87. The summed E-state index contributed by atoms with van der Waals surface area (Å²) >= 11 is 0. The molecule has 0 amide bonds. The maximum atomic E-state index is 13.0. The zero-order valence-electron chi connectivity index (χ0n) is 27.4. The Bertz CT molecular complexity index is 609. The van der Waals surface area contributed by atoms with Crippen molar-refractivity contribution < 1.29 is 28.5 Å². The summed E-state index contributed by atoms with van der Waals surface area (Å²) in [5.74, 6) is 0.320. The van der Waals surface area contributed by atoms with Crippen molar-refractivity contribution in [3.8, 4) is 0 Å². The molecule has 39 heavy (non-hydrogen) atoms. The van der Waals surface area contributed by atoms with Crippen LogP contribution in [0.15, 0.2) is 0 Å². The lowest BCUT2D eigenvalue weighted by atomic mass is 9.90. The van der Waals surface area contributed by atoms with Crippen LogP contribution in [-0.4, -0.2) is 61.4 Å². The van der Waals surface area contributed by atoms with Gasteiger partial charge >= 0.3 is 0 Å². The first kappa shape index (κ1) is 38.2. The zero-order chi connectivity index (χ0) is 30.0. The van der Waals surface area contributed by atoms with E-state index in [0.717, 1.165) is 64.6 Å². The molecular weight excluding hydrogens is 492 g/mol. The molecule has 0 radical (unpaired) electrons. The average molecular weight is 557 g/mol. The van der Waals surface area contributed by atoms with Gasteiger partial charge in [-0.25, -0.2) is 0 Å². The van der Waals surface area contributed by atoms with Crippen molar-refractivity contribution in [3.63, 3.8) is 0 Å². The van der Waals surface area contributed by atoms with E-state index in [-0.39, 0.29) is 17.0 Å². The fraction of sp³-hybridized carbons (Fsp3) is 0.939. The van der Waals surface area contributed by atoms with Gasteiger partial charge in [-0.05, 0) is 79.1 Å². The fourth-order valence-electron chi connectivity index (χ4n) is 3.97. The van der Waals surface area contributed by atoms with E-state index < -0.39 is 11.2 Å². The molecule has 0 spiro atoms. The molecule has 0 fully saturated rings. The van der Waals surface area contributed by atoms with Gasteiger partial charge < -0.3 is 18.9 Å². The maximum Gasteiger partial charge on any atom is 0.164 e. The molecule has 0 heterocycles. The summed E-state index contributed by atoms with van der Waals surface area (Å²) in [5, 5.41) is 0. The average Bonchev–Trinajstić information content (AvgIpc) is 2.93. The summed E-state index contributed by atoms with van der Waals surface area (Å²) in [6.45, 7) is 22.7. The van der Waals surface area contributed by atoms with Crippen LogP contribution in [0.3, 0.4) is 0 Å². The van der Waals surface area contributed by atoms with E-state index >= 15 is 0 Å². The molecule has 0 saturated heterocycles. The normalized spacial score (nSPS) is 16.9. The lowest BCUT2D eigenvalue weighted by Gasteiger charge is -2.36. The van der Waals surface area contributed by atoms with Crippen LogP contribution in [0.1, 0.15) is 146 Å². The highest BCUT2D eigenvalue weighted by Crippen LogP contribution is 2.28. The Morgan fingerprint density at radius 2 is 0.949 bits per heavy atom. The molecule has 0 aromatic heterocycles. The van der Waals surface area contributed by atoms with Gasteiger partial charge in [0, 0.05) is 31.5 Å². The molecule has 0 aromatic rings. The Kier molecular flexibility index (Phi) is 19.7. The molecule has 0 N–H and O–H groups in total. The fourth-order valence-corrected chi connectivity index (χ4v) is 3.97. The smallest absolute Gasteiger partial charge is 0.164 e. The SMILES string of the molecule is CCC(C)OCCCCCC(=O)C(C)(CC)OCC(C)(C)COC(C)(CC)C(=O)CCCCCOC(C)CC. The van der Waals surface area contributed by atoms with Crippen LogP contribution in [-0.2, 0) is 28.5 Å². The van der Waals surface area contributed by atoms with Crippen LogP contribution in [0.4, 0.5) is 0 Å². The van der Waals surface area contributed by atoms with Crippen LogP contribution in [0.5, 0.6) is 0 Å². The number of hydrogen-bond acceptors (Lipinski definition) is 6. The predicted octanol–water partition coefficient (Wildman–Crippen LogP) is 8.27. The summed E-state index contributed by atoms with van der Waals surface area (Å²) in [7, 11) is 0. The van der Waals surface area contributed by atoms with E-state index in [1.165, 1.54) is 0 Å². The van der Waals surface area contributed by atoms with Crippen LogP contribution < -0.4 is 0 Å². The number of carbonyl (C=O) groups excluding carboxylic acids is 2. The predicted molar refractivity (Wildman–Crippen MR) is 161 cm³/mol. The minimum absolute atomic E-state index is 0.160.